The normalized spacial score (nSPS) is 18.3. The van der Waals surface area contributed by atoms with E-state index in [4.69, 9.17) is 0 Å². The Morgan fingerprint density at radius 1 is 1.25 bits per heavy atom. The Labute approximate surface area is 235 Å². The molecule has 208 valence electrons. The first-order valence-electron chi connectivity index (χ1n) is 13.2. The number of aromatic nitrogens is 5. The maximum absolute atomic E-state index is 14.4. The third-order valence-corrected chi connectivity index (χ3v) is 8.23. The summed E-state index contributed by atoms with van der Waals surface area (Å²) in [7, 11) is 0. The van der Waals surface area contributed by atoms with E-state index in [1.165, 1.54) is 26.2 Å². The summed E-state index contributed by atoms with van der Waals surface area (Å²) in [6.07, 6.45) is 5.02. The number of hydrogen-bond donors (Lipinski definition) is 3. The molecule has 0 unspecified atom stereocenters. The number of halogens is 1. The van der Waals surface area contributed by atoms with Gasteiger partial charge >= 0.3 is 0 Å². The quantitative estimate of drug-likeness (QED) is 0.287. The number of nitrogens with zero attached hydrogens (tertiary/aromatic N) is 6. The zero-order valence-electron chi connectivity index (χ0n) is 22.6. The minimum Gasteiger partial charge on any atom is -0.387 e. The number of carbonyl (C=O) groups excluding carboxylic acids is 1. The van der Waals surface area contributed by atoms with E-state index in [-0.39, 0.29) is 18.2 Å². The minimum atomic E-state index is -1.63. The summed E-state index contributed by atoms with van der Waals surface area (Å²) in [6, 6.07) is 9.48. The first-order valence-corrected chi connectivity index (χ1v) is 14.0. The fourth-order valence-corrected chi connectivity index (χ4v) is 5.73. The number of nitriles is 1. The Bertz CT molecular complexity index is 1560. The number of amides is 1. The molecule has 4 aromatic heterocycles. The van der Waals surface area contributed by atoms with Crippen molar-refractivity contribution in [2.45, 2.75) is 70.2 Å². The van der Waals surface area contributed by atoms with Gasteiger partial charge in [0.2, 0.25) is 0 Å². The number of nitrogens with one attached hydrogen (secondary N) is 2. The lowest BCUT2D eigenvalue weighted by atomic mass is 9.86. The van der Waals surface area contributed by atoms with Crippen LogP contribution in [-0.2, 0) is 0 Å². The van der Waals surface area contributed by atoms with Gasteiger partial charge in [0.15, 0.2) is 0 Å². The third-order valence-electron chi connectivity index (χ3n) is 7.23. The van der Waals surface area contributed by atoms with Crippen molar-refractivity contribution < 1.29 is 14.3 Å². The largest absolute Gasteiger partial charge is 0.387 e. The predicted octanol–water partition coefficient (Wildman–Crippen LogP) is 4.41. The Kier molecular flexibility index (Phi) is 7.78. The molecular weight excluding hydrogens is 531 g/mol. The highest BCUT2D eigenvalue weighted by Gasteiger charge is 2.29. The molecule has 0 radical (unpaired) electrons. The first kappa shape index (κ1) is 27.6. The fraction of sp³-hybridized carbons (Fsp3) is 0.429. The lowest BCUT2D eigenvalue weighted by Crippen LogP contribution is -2.42. The van der Waals surface area contributed by atoms with Gasteiger partial charge in [0, 0.05) is 18.2 Å². The van der Waals surface area contributed by atoms with Crippen molar-refractivity contribution in [1.29, 1.82) is 5.26 Å². The molecule has 1 amide bonds. The third kappa shape index (κ3) is 5.95. The molecule has 0 aromatic carbocycles. The molecule has 0 saturated heterocycles. The molecular formula is C28H31FN8O2S. The van der Waals surface area contributed by atoms with E-state index in [1.54, 1.807) is 28.0 Å². The van der Waals surface area contributed by atoms with Crippen LogP contribution in [0.4, 0.5) is 10.1 Å². The van der Waals surface area contributed by atoms with Gasteiger partial charge in [-0.1, -0.05) is 0 Å². The molecule has 1 saturated carbocycles. The number of aliphatic hydroxyl groups is 1. The fourth-order valence-electron chi connectivity index (χ4n) is 4.86. The molecule has 4 heterocycles. The van der Waals surface area contributed by atoms with Gasteiger partial charge in [0.1, 0.15) is 22.3 Å². The lowest BCUT2D eigenvalue weighted by Gasteiger charge is -2.29. The van der Waals surface area contributed by atoms with Crippen molar-refractivity contribution in [2.75, 3.05) is 11.9 Å². The first-order chi connectivity index (χ1) is 19.1. The van der Waals surface area contributed by atoms with Crippen molar-refractivity contribution in [3.05, 3.63) is 57.8 Å². The van der Waals surface area contributed by atoms with Gasteiger partial charge in [-0.25, -0.2) is 8.91 Å². The van der Waals surface area contributed by atoms with Crippen molar-refractivity contribution in [3.63, 3.8) is 0 Å². The highest BCUT2D eigenvalue weighted by atomic mass is 32.1. The molecule has 0 spiro atoms. The monoisotopic (exact) mass is 562 g/mol. The molecule has 12 heteroatoms. The molecule has 4 aromatic rings. The lowest BCUT2D eigenvalue weighted by molar-refractivity contribution is -0.00177. The van der Waals surface area contributed by atoms with E-state index in [2.05, 4.69) is 37.0 Å². The van der Waals surface area contributed by atoms with E-state index >= 15 is 0 Å². The maximum atomic E-state index is 14.4. The summed E-state index contributed by atoms with van der Waals surface area (Å²) in [5.41, 5.74) is 1.79. The molecule has 1 fully saturated rings. The molecule has 1 atom stereocenters. The number of rotatable bonds is 8. The molecule has 1 aliphatic carbocycles. The van der Waals surface area contributed by atoms with Crippen LogP contribution in [-0.4, -0.2) is 60.2 Å². The summed E-state index contributed by atoms with van der Waals surface area (Å²) in [5, 5.41) is 40.2. The Balaban J connectivity index is 1.40. The predicted molar refractivity (Wildman–Crippen MR) is 150 cm³/mol. The van der Waals surface area contributed by atoms with E-state index < -0.39 is 17.7 Å². The second kappa shape index (κ2) is 11.3. The average molecular weight is 563 g/mol. The van der Waals surface area contributed by atoms with Crippen molar-refractivity contribution in [1.82, 2.24) is 30.1 Å². The molecule has 1 aliphatic rings. The van der Waals surface area contributed by atoms with Crippen LogP contribution in [0.5, 0.6) is 0 Å². The number of anilines is 1. The van der Waals surface area contributed by atoms with Crippen molar-refractivity contribution >= 4 is 28.4 Å². The van der Waals surface area contributed by atoms with E-state index in [9.17, 15) is 19.6 Å². The standard InChI is InChI=1S/C28H31FN8O2S/c1-16-35-36-27(40-16)18-4-6-19(7-5-18)34-22-11-23(24-9-8-20-10-17(12-30)13-33-37(20)24)31-14-21(22)26(38)32-15-25(29)28(2,3)39/h8-11,13-14,18-19,25,39H,4-7,15H2,1-3H3,(H,31,34)(H,32,38)/t18?,19?,25-/m1/s1. The van der Waals surface area contributed by atoms with Gasteiger partial charge in [0.05, 0.1) is 52.1 Å². The van der Waals surface area contributed by atoms with Crippen LogP contribution in [0, 0.1) is 18.3 Å². The van der Waals surface area contributed by atoms with Gasteiger partial charge in [-0.15, -0.1) is 21.5 Å². The summed E-state index contributed by atoms with van der Waals surface area (Å²) in [5.74, 6) is -0.108. The SMILES string of the molecule is Cc1nnc(C2CCC(Nc3cc(-c4ccc5cc(C#N)cnn45)ncc3C(=O)NC[C@@H](F)C(C)(C)O)CC2)s1. The van der Waals surface area contributed by atoms with Crippen molar-refractivity contribution in [2.24, 2.45) is 0 Å². The molecule has 0 bridgehead atoms. The topological polar surface area (TPSA) is 141 Å². The van der Waals surface area contributed by atoms with Gasteiger partial charge < -0.3 is 15.7 Å². The van der Waals surface area contributed by atoms with Gasteiger partial charge in [0.25, 0.3) is 5.91 Å². The molecule has 3 N–H and O–H groups in total. The Morgan fingerprint density at radius 3 is 2.70 bits per heavy atom. The molecule has 5 rings (SSSR count). The number of pyridine rings is 1. The van der Waals surface area contributed by atoms with Gasteiger partial charge in [-0.2, -0.15) is 10.4 Å². The average Bonchev–Trinajstić information content (AvgIpc) is 3.57. The number of aryl methyl sites for hydroxylation is 1. The Hall–Kier alpha value is -3.95. The number of carbonyl (C=O) groups is 1. The zero-order valence-corrected chi connectivity index (χ0v) is 23.4. The Morgan fingerprint density at radius 2 is 2.02 bits per heavy atom. The van der Waals surface area contributed by atoms with E-state index in [0.29, 0.717) is 28.6 Å². The molecule has 0 aliphatic heterocycles. The second-order valence-corrected chi connectivity index (χ2v) is 11.9. The zero-order chi connectivity index (χ0) is 28.4. The van der Waals surface area contributed by atoms with Crippen LogP contribution in [0.1, 0.15) is 71.4 Å². The van der Waals surface area contributed by atoms with Crippen LogP contribution in [0.2, 0.25) is 0 Å². The van der Waals surface area contributed by atoms with E-state index in [0.717, 1.165) is 41.2 Å². The molecule has 40 heavy (non-hydrogen) atoms. The van der Waals surface area contributed by atoms with Crippen LogP contribution < -0.4 is 10.6 Å². The van der Waals surface area contributed by atoms with Crippen LogP contribution in [0.25, 0.3) is 16.9 Å². The van der Waals surface area contributed by atoms with Crippen molar-refractivity contribution in [3.8, 4) is 17.5 Å². The maximum Gasteiger partial charge on any atom is 0.255 e. The van der Waals surface area contributed by atoms with Gasteiger partial charge in [-0.05, 0) is 70.7 Å². The summed E-state index contributed by atoms with van der Waals surface area (Å²) in [6.45, 7) is 4.36. The number of fused-ring (bicyclic) bond motifs is 1. The smallest absolute Gasteiger partial charge is 0.255 e. The summed E-state index contributed by atoms with van der Waals surface area (Å²) < 4.78 is 16.0. The highest BCUT2D eigenvalue weighted by molar-refractivity contribution is 7.11. The number of alkyl halides is 1. The van der Waals surface area contributed by atoms with Crippen LogP contribution in [0.15, 0.2) is 36.7 Å². The van der Waals surface area contributed by atoms with Gasteiger partial charge in [-0.3, -0.25) is 9.78 Å². The second-order valence-electron chi connectivity index (χ2n) is 10.7. The number of hydrogen-bond acceptors (Lipinski definition) is 9. The summed E-state index contributed by atoms with van der Waals surface area (Å²) >= 11 is 1.64. The van der Waals surface area contributed by atoms with E-state index in [1.807, 2.05) is 19.1 Å². The van der Waals surface area contributed by atoms with Crippen LogP contribution in [0.3, 0.4) is 0 Å². The molecule has 10 nitrogen and oxygen atoms in total. The summed E-state index contributed by atoms with van der Waals surface area (Å²) in [4.78, 5) is 17.7. The van der Waals surface area contributed by atoms with Crippen LogP contribution >= 0.6 is 11.3 Å². The minimum absolute atomic E-state index is 0.123. The highest BCUT2D eigenvalue weighted by Crippen LogP contribution is 2.36.